The highest BCUT2D eigenvalue weighted by molar-refractivity contribution is 5.81. The summed E-state index contributed by atoms with van der Waals surface area (Å²) in [4.78, 5) is 11.6. The molecule has 1 saturated carbocycles. The van der Waals surface area contributed by atoms with Crippen LogP contribution in [0, 0.1) is 18.8 Å². The number of hydrogen-bond acceptors (Lipinski definition) is 1. The van der Waals surface area contributed by atoms with Gasteiger partial charge in [-0.2, -0.15) is 0 Å². The van der Waals surface area contributed by atoms with Crippen LogP contribution in [0.5, 0.6) is 0 Å². The number of nitrogens with one attached hydrogen (secondary N) is 1. The van der Waals surface area contributed by atoms with Gasteiger partial charge in [-0.1, -0.05) is 31.2 Å². The van der Waals surface area contributed by atoms with Crippen LogP contribution in [0.2, 0.25) is 0 Å². The molecule has 80 valence electrons. The number of benzene rings is 1. The van der Waals surface area contributed by atoms with E-state index in [0.717, 1.165) is 6.42 Å². The Bertz CT molecular complexity index is 373. The molecular formula is C13H17NO. The molecule has 0 radical (unpaired) electrons. The van der Waals surface area contributed by atoms with Crippen molar-refractivity contribution >= 4 is 5.91 Å². The highest BCUT2D eigenvalue weighted by Gasteiger charge is 2.38. The third-order valence-corrected chi connectivity index (χ3v) is 3.16. The highest BCUT2D eigenvalue weighted by atomic mass is 16.2. The molecule has 0 heterocycles. The summed E-state index contributed by atoms with van der Waals surface area (Å²) in [5.41, 5.74) is 2.45. The minimum atomic E-state index is 0.214. The first-order valence-electron chi connectivity index (χ1n) is 5.50. The summed E-state index contributed by atoms with van der Waals surface area (Å²) in [6.07, 6.45) is 1.06. The molecule has 1 aliphatic carbocycles. The fourth-order valence-electron chi connectivity index (χ4n) is 1.81. The Morgan fingerprint density at radius 1 is 1.47 bits per heavy atom. The fourth-order valence-corrected chi connectivity index (χ4v) is 1.81. The van der Waals surface area contributed by atoms with Crippen LogP contribution < -0.4 is 5.32 Å². The van der Waals surface area contributed by atoms with Crippen molar-refractivity contribution in [2.45, 2.75) is 26.8 Å². The topological polar surface area (TPSA) is 29.1 Å². The van der Waals surface area contributed by atoms with Crippen molar-refractivity contribution in [1.82, 2.24) is 5.32 Å². The van der Waals surface area contributed by atoms with Gasteiger partial charge in [0, 0.05) is 12.5 Å². The van der Waals surface area contributed by atoms with Crippen molar-refractivity contribution in [2.75, 3.05) is 0 Å². The number of carbonyl (C=O) groups is 1. The molecule has 0 aliphatic heterocycles. The van der Waals surface area contributed by atoms with Gasteiger partial charge in [-0.15, -0.1) is 0 Å². The van der Waals surface area contributed by atoms with Gasteiger partial charge in [0.1, 0.15) is 0 Å². The van der Waals surface area contributed by atoms with Crippen LogP contribution in [0.4, 0.5) is 0 Å². The van der Waals surface area contributed by atoms with Crippen molar-refractivity contribution in [3.8, 4) is 0 Å². The van der Waals surface area contributed by atoms with Crippen molar-refractivity contribution in [1.29, 1.82) is 0 Å². The smallest absolute Gasteiger partial charge is 0.223 e. The number of aryl methyl sites for hydroxylation is 1. The molecule has 15 heavy (non-hydrogen) atoms. The average Bonchev–Trinajstić information content (AvgIpc) is 2.94. The maximum absolute atomic E-state index is 11.6. The molecular weight excluding hydrogens is 186 g/mol. The van der Waals surface area contributed by atoms with E-state index in [1.165, 1.54) is 11.1 Å². The zero-order chi connectivity index (χ0) is 10.8. The summed E-state index contributed by atoms with van der Waals surface area (Å²) in [5.74, 6) is 1.07. The maximum Gasteiger partial charge on any atom is 0.223 e. The molecule has 1 aliphatic rings. The summed E-state index contributed by atoms with van der Waals surface area (Å²) in [5, 5.41) is 2.99. The van der Waals surface area contributed by atoms with E-state index in [2.05, 4.69) is 31.3 Å². The van der Waals surface area contributed by atoms with Gasteiger partial charge in [-0.3, -0.25) is 4.79 Å². The Kier molecular flexibility index (Phi) is 2.76. The first kappa shape index (κ1) is 10.2. The lowest BCUT2D eigenvalue weighted by molar-refractivity contribution is -0.122. The number of amides is 1. The number of rotatable bonds is 3. The van der Waals surface area contributed by atoms with Crippen LogP contribution in [0.1, 0.15) is 24.5 Å². The lowest BCUT2D eigenvalue weighted by Crippen LogP contribution is -2.25. The first-order chi connectivity index (χ1) is 7.18. The van der Waals surface area contributed by atoms with Crippen molar-refractivity contribution in [3.63, 3.8) is 0 Å². The van der Waals surface area contributed by atoms with Gasteiger partial charge in [0.15, 0.2) is 0 Å². The molecule has 0 aromatic heterocycles. The monoisotopic (exact) mass is 203 g/mol. The van der Waals surface area contributed by atoms with Gasteiger partial charge in [-0.05, 0) is 30.4 Å². The standard InChI is InChI=1S/C13H17NO/c1-9-5-3-4-6-11(9)8-14-13(15)12-7-10(12)2/h3-6,10,12H,7-8H2,1-2H3,(H,14,15)/t10-,12-/m0/s1. The molecule has 1 aromatic carbocycles. The lowest BCUT2D eigenvalue weighted by Gasteiger charge is -2.07. The second-order valence-corrected chi connectivity index (χ2v) is 4.46. The quantitative estimate of drug-likeness (QED) is 0.802. The van der Waals surface area contributed by atoms with E-state index in [9.17, 15) is 4.79 Å². The van der Waals surface area contributed by atoms with Crippen LogP contribution in [0.15, 0.2) is 24.3 Å². The van der Waals surface area contributed by atoms with E-state index in [0.29, 0.717) is 12.5 Å². The zero-order valence-electron chi connectivity index (χ0n) is 9.29. The minimum Gasteiger partial charge on any atom is -0.352 e. The third-order valence-electron chi connectivity index (χ3n) is 3.16. The Labute approximate surface area is 90.7 Å². The fraction of sp³-hybridized carbons (Fsp3) is 0.462. The van der Waals surface area contributed by atoms with Crippen molar-refractivity contribution in [3.05, 3.63) is 35.4 Å². The summed E-state index contributed by atoms with van der Waals surface area (Å²) in [6.45, 7) is 4.86. The van der Waals surface area contributed by atoms with Gasteiger partial charge in [-0.25, -0.2) is 0 Å². The zero-order valence-corrected chi connectivity index (χ0v) is 9.29. The molecule has 1 aromatic rings. The van der Waals surface area contributed by atoms with Gasteiger partial charge in [0.2, 0.25) is 5.91 Å². The lowest BCUT2D eigenvalue weighted by atomic mass is 10.1. The van der Waals surface area contributed by atoms with Crippen LogP contribution in [0.25, 0.3) is 0 Å². The normalized spacial score (nSPS) is 23.6. The summed E-state index contributed by atoms with van der Waals surface area (Å²) >= 11 is 0. The molecule has 2 nitrogen and oxygen atoms in total. The van der Waals surface area contributed by atoms with E-state index < -0.39 is 0 Å². The predicted octanol–water partition coefficient (Wildman–Crippen LogP) is 2.27. The van der Waals surface area contributed by atoms with Gasteiger partial charge in [0.05, 0.1) is 0 Å². The second kappa shape index (κ2) is 4.05. The van der Waals surface area contributed by atoms with Gasteiger partial charge >= 0.3 is 0 Å². The Morgan fingerprint density at radius 2 is 2.13 bits per heavy atom. The summed E-state index contributed by atoms with van der Waals surface area (Å²) < 4.78 is 0. The Balaban J connectivity index is 1.88. The number of carbonyl (C=O) groups excluding carboxylic acids is 1. The molecule has 0 unspecified atom stereocenters. The van der Waals surface area contributed by atoms with Crippen LogP contribution in [-0.4, -0.2) is 5.91 Å². The van der Waals surface area contributed by atoms with Crippen LogP contribution in [-0.2, 0) is 11.3 Å². The molecule has 2 heteroatoms. The van der Waals surface area contributed by atoms with Gasteiger partial charge in [0.25, 0.3) is 0 Å². The van der Waals surface area contributed by atoms with E-state index >= 15 is 0 Å². The average molecular weight is 203 g/mol. The molecule has 1 fully saturated rings. The maximum atomic E-state index is 11.6. The van der Waals surface area contributed by atoms with Crippen LogP contribution in [0.3, 0.4) is 0 Å². The molecule has 2 atom stereocenters. The Hall–Kier alpha value is -1.31. The summed E-state index contributed by atoms with van der Waals surface area (Å²) in [7, 11) is 0. The summed E-state index contributed by atoms with van der Waals surface area (Å²) in [6, 6.07) is 8.16. The largest absolute Gasteiger partial charge is 0.352 e. The minimum absolute atomic E-state index is 0.214. The van der Waals surface area contributed by atoms with E-state index in [1.807, 2.05) is 12.1 Å². The van der Waals surface area contributed by atoms with Crippen LogP contribution >= 0.6 is 0 Å². The number of hydrogen-bond donors (Lipinski definition) is 1. The third kappa shape index (κ3) is 2.38. The SMILES string of the molecule is Cc1ccccc1CNC(=O)[C@H]1C[C@@H]1C. The predicted molar refractivity (Wildman–Crippen MR) is 60.3 cm³/mol. The van der Waals surface area contributed by atoms with E-state index in [4.69, 9.17) is 0 Å². The van der Waals surface area contributed by atoms with E-state index in [1.54, 1.807) is 0 Å². The molecule has 0 saturated heterocycles. The van der Waals surface area contributed by atoms with Gasteiger partial charge < -0.3 is 5.32 Å². The molecule has 1 N–H and O–H groups in total. The Morgan fingerprint density at radius 3 is 2.73 bits per heavy atom. The highest BCUT2D eigenvalue weighted by Crippen LogP contribution is 2.37. The van der Waals surface area contributed by atoms with E-state index in [-0.39, 0.29) is 11.8 Å². The van der Waals surface area contributed by atoms with Crippen molar-refractivity contribution < 1.29 is 4.79 Å². The van der Waals surface area contributed by atoms with Crippen molar-refractivity contribution in [2.24, 2.45) is 11.8 Å². The molecule has 2 rings (SSSR count). The molecule has 0 bridgehead atoms. The first-order valence-corrected chi connectivity index (χ1v) is 5.50. The second-order valence-electron chi connectivity index (χ2n) is 4.46. The molecule has 0 spiro atoms. The molecule has 1 amide bonds.